The van der Waals surface area contributed by atoms with Crippen LogP contribution in [0.25, 0.3) is 5.69 Å². The molecule has 25 heavy (non-hydrogen) atoms. The maximum Gasteiger partial charge on any atom is 0.418 e. The van der Waals surface area contributed by atoms with Crippen LogP contribution in [0.4, 0.5) is 13.2 Å². The lowest BCUT2D eigenvalue weighted by Gasteiger charge is -2.31. The van der Waals surface area contributed by atoms with Gasteiger partial charge in [0.05, 0.1) is 17.4 Å². The van der Waals surface area contributed by atoms with E-state index in [4.69, 9.17) is 0 Å². The second-order valence-electron chi connectivity index (χ2n) is 5.92. The Labute approximate surface area is 142 Å². The summed E-state index contributed by atoms with van der Waals surface area (Å²) in [5.41, 5.74) is -0.941. The van der Waals surface area contributed by atoms with E-state index < -0.39 is 11.7 Å². The summed E-state index contributed by atoms with van der Waals surface area (Å²) in [6.07, 6.45) is -1.61. The third-order valence-corrected chi connectivity index (χ3v) is 4.36. The number of nitrogens with one attached hydrogen (secondary N) is 1. The number of hydrogen-bond donors (Lipinski definition) is 1. The Hall–Kier alpha value is -2.42. The Morgan fingerprint density at radius 3 is 2.56 bits per heavy atom. The maximum absolute atomic E-state index is 13.1. The molecule has 1 aromatic carbocycles. The number of alkyl halides is 3. The van der Waals surface area contributed by atoms with E-state index in [1.54, 1.807) is 4.90 Å². The fourth-order valence-electron chi connectivity index (χ4n) is 2.93. The molecule has 1 aliphatic rings. The summed E-state index contributed by atoms with van der Waals surface area (Å²) in [5, 5.41) is 10.7. The zero-order chi connectivity index (χ0) is 18.0. The van der Waals surface area contributed by atoms with Crippen LogP contribution < -0.4 is 5.32 Å². The first-order valence-corrected chi connectivity index (χ1v) is 7.95. The molecular formula is C16H18F3N5O. The fourth-order valence-corrected chi connectivity index (χ4v) is 2.93. The van der Waals surface area contributed by atoms with Crippen molar-refractivity contribution >= 4 is 5.91 Å². The number of hydrogen-bond acceptors (Lipinski definition) is 4. The van der Waals surface area contributed by atoms with Crippen molar-refractivity contribution in [1.29, 1.82) is 0 Å². The Balaban J connectivity index is 1.81. The number of carbonyl (C=O) groups excluding carboxylic acids is 1. The highest BCUT2D eigenvalue weighted by Crippen LogP contribution is 2.33. The van der Waals surface area contributed by atoms with Gasteiger partial charge in [-0.2, -0.15) is 13.2 Å². The first kappa shape index (κ1) is 17.4. The lowest BCUT2D eigenvalue weighted by molar-refractivity contribution is -0.137. The van der Waals surface area contributed by atoms with Crippen molar-refractivity contribution in [3.63, 3.8) is 0 Å². The van der Waals surface area contributed by atoms with E-state index >= 15 is 0 Å². The number of piperidine rings is 1. The third-order valence-electron chi connectivity index (χ3n) is 4.36. The molecule has 0 spiro atoms. The summed E-state index contributed by atoms with van der Waals surface area (Å²) in [4.78, 5) is 14.1. The number of amides is 1. The molecule has 0 atom stereocenters. The predicted molar refractivity (Wildman–Crippen MR) is 84.3 cm³/mol. The molecule has 1 N–H and O–H groups in total. The molecular weight excluding hydrogens is 335 g/mol. The van der Waals surface area contributed by atoms with Gasteiger partial charge in [0.25, 0.3) is 5.91 Å². The zero-order valence-electron chi connectivity index (χ0n) is 13.6. The Morgan fingerprint density at radius 2 is 1.92 bits per heavy atom. The predicted octanol–water partition coefficient (Wildman–Crippen LogP) is 2.11. The van der Waals surface area contributed by atoms with Gasteiger partial charge in [0.1, 0.15) is 0 Å². The summed E-state index contributed by atoms with van der Waals surface area (Å²) in [7, 11) is 1.88. The summed E-state index contributed by atoms with van der Waals surface area (Å²) >= 11 is 0. The van der Waals surface area contributed by atoms with Crippen molar-refractivity contribution < 1.29 is 18.0 Å². The maximum atomic E-state index is 13.1. The van der Waals surface area contributed by atoms with Crippen LogP contribution in [-0.4, -0.2) is 52.0 Å². The molecule has 0 radical (unpaired) electrons. The SMILES string of the molecule is CNC1CCN(C(=O)c2cn(-c3ccccc3C(F)(F)F)nn2)CC1. The summed E-state index contributed by atoms with van der Waals surface area (Å²) in [5.74, 6) is -0.315. The van der Waals surface area contributed by atoms with Crippen molar-refractivity contribution in [2.45, 2.75) is 25.1 Å². The van der Waals surface area contributed by atoms with Crippen LogP contribution in [0.3, 0.4) is 0 Å². The molecule has 0 saturated carbocycles. The van der Waals surface area contributed by atoms with Gasteiger partial charge in [-0.25, -0.2) is 4.68 Å². The smallest absolute Gasteiger partial charge is 0.337 e. The van der Waals surface area contributed by atoms with Crippen LogP contribution in [0.15, 0.2) is 30.5 Å². The zero-order valence-corrected chi connectivity index (χ0v) is 13.6. The summed E-state index contributed by atoms with van der Waals surface area (Å²) < 4.78 is 40.3. The van der Waals surface area contributed by atoms with Gasteiger partial charge in [-0.1, -0.05) is 17.3 Å². The molecule has 134 valence electrons. The molecule has 9 heteroatoms. The minimum atomic E-state index is -4.51. The normalized spacial score (nSPS) is 16.2. The number of likely N-dealkylation sites (tertiary alicyclic amines) is 1. The highest BCUT2D eigenvalue weighted by Gasteiger charge is 2.34. The summed E-state index contributed by atoms with van der Waals surface area (Å²) in [6.45, 7) is 1.16. The third kappa shape index (κ3) is 3.65. The lowest BCUT2D eigenvalue weighted by atomic mass is 10.1. The van der Waals surface area contributed by atoms with Crippen LogP contribution in [0, 0.1) is 0 Å². The molecule has 3 rings (SSSR count). The van der Waals surface area contributed by atoms with Gasteiger partial charge in [-0.15, -0.1) is 5.10 Å². The fraction of sp³-hybridized carbons (Fsp3) is 0.438. The second kappa shape index (κ2) is 6.83. The minimum Gasteiger partial charge on any atom is -0.337 e. The molecule has 1 fully saturated rings. The van der Waals surface area contributed by atoms with Crippen LogP contribution in [-0.2, 0) is 6.18 Å². The largest absolute Gasteiger partial charge is 0.418 e. The molecule has 0 aliphatic carbocycles. The Morgan fingerprint density at radius 1 is 1.24 bits per heavy atom. The van der Waals surface area contributed by atoms with Gasteiger partial charge in [-0.3, -0.25) is 4.79 Å². The van der Waals surface area contributed by atoms with Crippen molar-refractivity contribution in [2.24, 2.45) is 0 Å². The van der Waals surface area contributed by atoms with Crippen molar-refractivity contribution in [1.82, 2.24) is 25.2 Å². The molecule has 1 aromatic heterocycles. The number of para-hydroxylation sites is 1. The number of nitrogens with zero attached hydrogens (tertiary/aromatic N) is 4. The monoisotopic (exact) mass is 353 g/mol. The number of aromatic nitrogens is 3. The quantitative estimate of drug-likeness (QED) is 0.918. The number of halogens is 3. The van der Waals surface area contributed by atoms with Gasteiger partial charge in [0.15, 0.2) is 5.69 Å². The van der Waals surface area contributed by atoms with E-state index in [0.717, 1.165) is 23.6 Å². The van der Waals surface area contributed by atoms with Gasteiger partial charge >= 0.3 is 6.18 Å². The number of benzene rings is 1. The van der Waals surface area contributed by atoms with Crippen LogP contribution >= 0.6 is 0 Å². The van der Waals surface area contributed by atoms with E-state index in [1.165, 1.54) is 24.4 Å². The van der Waals surface area contributed by atoms with E-state index in [9.17, 15) is 18.0 Å². The topological polar surface area (TPSA) is 63.1 Å². The van der Waals surface area contributed by atoms with Gasteiger partial charge in [0, 0.05) is 19.1 Å². The van der Waals surface area contributed by atoms with Gasteiger partial charge in [0.2, 0.25) is 0 Å². The average Bonchev–Trinajstić information content (AvgIpc) is 3.10. The van der Waals surface area contributed by atoms with Crippen LogP contribution in [0.5, 0.6) is 0 Å². The highest BCUT2D eigenvalue weighted by molar-refractivity contribution is 5.92. The van der Waals surface area contributed by atoms with E-state index in [-0.39, 0.29) is 17.3 Å². The molecule has 1 amide bonds. The molecule has 2 aromatic rings. The second-order valence-corrected chi connectivity index (χ2v) is 5.92. The first-order valence-electron chi connectivity index (χ1n) is 7.95. The average molecular weight is 353 g/mol. The van der Waals surface area contributed by atoms with Crippen molar-refractivity contribution in [3.05, 3.63) is 41.7 Å². The lowest BCUT2D eigenvalue weighted by Crippen LogP contribution is -2.44. The Bertz CT molecular complexity index is 750. The molecule has 2 heterocycles. The highest BCUT2D eigenvalue weighted by atomic mass is 19.4. The molecule has 0 unspecified atom stereocenters. The van der Waals surface area contributed by atoms with Gasteiger partial charge < -0.3 is 10.2 Å². The van der Waals surface area contributed by atoms with Crippen LogP contribution in [0.1, 0.15) is 28.9 Å². The van der Waals surface area contributed by atoms with Gasteiger partial charge in [-0.05, 0) is 32.0 Å². The van der Waals surface area contributed by atoms with Crippen molar-refractivity contribution in [2.75, 3.05) is 20.1 Å². The van der Waals surface area contributed by atoms with E-state index in [0.29, 0.717) is 19.1 Å². The number of rotatable bonds is 3. The first-order chi connectivity index (χ1) is 11.9. The number of carbonyl (C=O) groups is 1. The molecule has 1 aliphatic heterocycles. The summed E-state index contributed by atoms with van der Waals surface area (Å²) in [6, 6.07) is 5.43. The van der Waals surface area contributed by atoms with E-state index in [1.807, 2.05) is 7.05 Å². The van der Waals surface area contributed by atoms with E-state index in [2.05, 4.69) is 15.6 Å². The standard InChI is InChI=1S/C16H18F3N5O/c1-20-11-6-8-23(9-7-11)15(25)13-10-24(22-21-13)14-5-3-2-4-12(14)16(17,18)19/h2-5,10-11,20H,6-9H2,1H3. The van der Waals surface area contributed by atoms with Crippen molar-refractivity contribution in [3.8, 4) is 5.69 Å². The molecule has 1 saturated heterocycles. The molecule has 0 bridgehead atoms. The molecule has 6 nitrogen and oxygen atoms in total. The minimum absolute atomic E-state index is 0.0416. The van der Waals surface area contributed by atoms with Crippen LogP contribution in [0.2, 0.25) is 0 Å². The Kier molecular flexibility index (Phi) is 4.76.